The fraction of sp³-hybridized carbons (Fsp3) is 0.857. The topological polar surface area (TPSA) is 41.6 Å². The van der Waals surface area contributed by atoms with Crippen molar-refractivity contribution in [2.24, 2.45) is 10.8 Å². The Labute approximate surface area is 150 Å². The van der Waals surface area contributed by atoms with E-state index in [1.165, 1.54) is 89.9 Å². The number of hydrazine groups is 1. The molecule has 0 aromatic heterocycles. The highest BCUT2D eigenvalue weighted by molar-refractivity contribution is 5.83. The number of hydrogen-bond acceptors (Lipinski definition) is 3. The summed E-state index contributed by atoms with van der Waals surface area (Å²) in [5.74, 6) is 6.96. The van der Waals surface area contributed by atoms with E-state index in [0.29, 0.717) is 0 Å². The average molecular weight is 336 g/mol. The molecule has 140 valence electrons. The molecule has 3 heteroatoms. The van der Waals surface area contributed by atoms with Gasteiger partial charge in [0.15, 0.2) is 0 Å². The first kappa shape index (κ1) is 21.2. The van der Waals surface area contributed by atoms with Gasteiger partial charge in [0.1, 0.15) is 5.84 Å². The van der Waals surface area contributed by atoms with Gasteiger partial charge in [0.2, 0.25) is 0 Å². The van der Waals surface area contributed by atoms with Crippen molar-refractivity contribution in [1.29, 1.82) is 0 Å². The number of nitrogens with zero attached hydrogens (tertiary/aromatic N) is 2. The Morgan fingerprint density at radius 1 is 0.833 bits per heavy atom. The van der Waals surface area contributed by atoms with Gasteiger partial charge >= 0.3 is 0 Å². The van der Waals surface area contributed by atoms with E-state index in [4.69, 9.17) is 5.84 Å². The summed E-state index contributed by atoms with van der Waals surface area (Å²) in [5, 5.41) is 1.82. The van der Waals surface area contributed by atoms with Crippen LogP contribution in [0.1, 0.15) is 103 Å². The zero-order valence-corrected chi connectivity index (χ0v) is 16.1. The summed E-state index contributed by atoms with van der Waals surface area (Å²) in [6, 6.07) is 0. The van der Waals surface area contributed by atoms with Gasteiger partial charge in [0.25, 0.3) is 0 Å². The van der Waals surface area contributed by atoms with E-state index in [9.17, 15) is 0 Å². The highest BCUT2D eigenvalue weighted by atomic mass is 15.4. The molecule has 0 saturated carbocycles. The minimum Gasteiger partial charge on any atom is -0.297 e. The Balaban J connectivity index is 1.75. The maximum Gasteiger partial charge on any atom is 0.113 e. The van der Waals surface area contributed by atoms with Crippen LogP contribution in [0.4, 0.5) is 0 Å². The SMILES string of the molecule is CCCCCCCC/C=C\CCCCCCCCC1=NCCN1N. The fourth-order valence-electron chi connectivity index (χ4n) is 3.26. The Morgan fingerprint density at radius 3 is 1.92 bits per heavy atom. The van der Waals surface area contributed by atoms with Crippen molar-refractivity contribution in [1.82, 2.24) is 5.01 Å². The zero-order valence-electron chi connectivity index (χ0n) is 16.1. The Morgan fingerprint density at radius 2 is 1.38 bits per heavy atom. The van der Waals surface area contributed by atoms with Crippen LogP contribution in [0.15, 0.2) is 17.1 Å². The summed E-state index contributed by atoms with van der Waals surface area (Å²) in [6.07, 6.45) is 24.9. The van der Waals surface area contributed by atoms with Gasteiger partial charge in [0.05, 0.1) is 13.1 Å². The Hall–Kier alpha value is -0.830. The summed E-state index contributed by atoms with van der Waals surface area (Å²) in [4.78, 5) is 4.43. The van der Waals surface area contributed by atoms with Crippen molar-refractivity contribution in [3.63, 3.8) is 0 Å². The molecule has 1 aliphatic heterocycles. The van der Waals surface area contributed by atoms with Crippen LogP contribution in [0.25, 0.3) is 0 Å². The van der Waals surface area contributed by atoms with Gasteiger partial charge < -0.3 is 0 Å². The van der Waals surface area contributed by atoms with E-state index in [1.54, 1.807) is 0 Å². The Bertz CT molecular complexity index is 336. The first-order valence-corrected chi connectivity index (χ1v) is 10.5. The van der Waals surface area contributed by atoms with Gasteiger partial charge in [-0.25, -0.2) is 5.84 Å². The monoisotopic (exact) mass is 335 g/mol. The third kappa shape index (κ3) is 11.7. The second-order valence-corrected chi connectivity index (χ2v) is 7.18. The van der Waals surface area contributed by atoms with Gasteiger partial charge in [-0.3, -0.25) is 10.0 Å². The molecular weight excluding hydrogens is 294 g/mol. The van der Waals surface area contributed by atoms with Gasteiger partial charge in [-0.15, -0.1) is 0 Å². The smallest absolute Gasteiger partial charge is 0.113 e. The fourth-order valence-corrected chi connectivity index (χ4v) is 3.26. The minimum absolute atomic E-state index is 0.887. The summed E-state index contributed by atoms with van der Waals surface area (Å²) in [5.41, 5.74) is 0. The molecular formula is C21H41N3. The summed E-state index contributed by atoms with van der Waals surface area (Å²) >= 11 is 0. The van der Waals surface area contributed by atoms with Crippen LogP contribution in [-0.4, -0.2) is 23.9 Å². The maximum absolute atomic E-state index is 5.84. The van der Waals surface area contributed by atoms with Crippen LogP contribution in [0, 0.1) is 0 Å². The molecule has 0 spiro atoms. The minimum atomic E-state index is 0.887. The number of hydrogen-bond donors (Lipinski definition) is 1. The van der Waals surface area contributed by atoms with Crippen molar-refractivity contribution in [2.45, 2.75) is 103 Å². The van der Waals surface area contributed by atoms with Crippen LogP contribution in [-0.2, 0) is 0 Å². The number of allylic oxidation sites excluding steroid dienone is 2. The van der Waals surface area contributed by atoms with Crippen LogP contribution in [0.5, 0.6) is 0 Å². The lowest BCUT2D eigenvalue weighted by molar-refractivity contribution is 0.470. The zero-order chi connectivity index (χ0) is 17.3. The van der Waals surface area contributed by atoms with Crippen molar-refractivity contribution in [3.05, 3.63) is 12.2 Å². The molecule has 0 aromatic carbocycles. The van der Waals surface area contributed by atoms with E-state index >= 15 is 0 Å². The molecule has 0 amide bonds. The highest BCUT2D eigenvalue weighted by Crippen LogP contribution is 2.12. The standard InChI is InChI=1S/C21H41N3/c1-2-3-4-5-6-7-8-9-10-11-12-13-14-15-16-17-18-21-23-19-20-24(21)22/h9-10H,2-8,11-20,22H2,1H3/b10-9-. The van der Waals surface area contributed by atoms with Crippen molar-refractivity contribution < 1.29 is 0 Å². The molecule has 0 bridgehead atoms. The molecule has 2 N–H and O–H groups in total. The van der Waals surface area contributed by atoms with E-state index in [-0.39, 0.29) is 0 Å². The number of amidine groups is 1. The van der Waals surface area contributed by atoms with Gasteiger partial charge in [-0.05, 0) is 32.1 Å². The number of rotatable bonds is 16. The second-order valence-electron chi connectivity index (χ2n) is 7.18. The predicted molar refractivity (Wildman–Crippen MR) is 107 cm³/mol. The summed E-state index contributed by atoms with van der Waals surface area (Å²) < 4.78 is 0. The van der Waals surface area contributed by atoms with Gasteiger partial charge in [0, 0.05) is 6.42 Å². The number of aliphatic imine (C=N–C) groups is 1. The lowest BCUT2D eigenvalue weighted by Crippen LogP contribution is -2.34. The van der Waals surface area contributed by atoms with Crippen LogP contribution in [0.2, 0.25) is 0 Å². The molecule has 0 aromatic rings. The molecule has 1 heterocycles. The van der Waals surface area contributed by atoms with E-state index in [2.05, 4.69) is 24.1 Å². The normalized spacial score (nSPS) is 14.8. The second kappa shape index (κ2) is 15.7. The number of unbranched alkanes of at least 4 members (excludes halogenated alkanes) is 12. The molecule has 1 rings (SSSR count). The van der Waals surface area contributed by atoms with E-state index < -0.39 is 0 Å². The van der Waals surface area contributed by atoms with Crippen molar-refractivity contribution in [2.75, 3.05) is 13.1 Å². The molecule has 3 nitrogen and oxygen atoms in total. The maximum atomic E-state index is 5.84. The van der Waals surface area contributed by atoms with E-state index in [1.807, 2.05) is 5.01 Å². The molecule has 0 aliphatic carbocycles. The first-order valence-electron chi connectivity index (χ1n) is 10.5. The average Bonchev–Trinajstić information content (AvgIpc) is 2.99. The first-order chi connectivity index (χ1) is 11.8. The van der Waals surface area contributed by atoms with Crippen LogP contribution >= 0.6 is 0 Å². The van der Waals surface area contributed by atoms with E-state index in [0.717, 1.165) is 25.3 Å². The summed E-state index contributed by atoms with van der Waals surface area (Å²) in [6.45, 7) is 4.07. The van der Waals surface area contributed by atoms with Crippen LogP contribution < -0.4 is 5.84 Å². The molecule has 0 atom stereocenters. The largest absolute Gasteiger partial charge is 0.297 e. The molecule has 0 unspecified atom stereocenters. The lowest BCUT2D eigenvalue weighted by Gasteiger charge is -2.12. The molecule has 0 fully saturated rings. The van der Waals surface area contributed by atoms with Gasteiger partial charge in [-0.2, -0.15) is 0 Å². The molecule has 0 saturated heterocycles. The van der Waals surface area contributed by atoms with Crippen LogP contribution in [0.3, 0.4) is 0 Å². The predicted octanol–water partition coefficient (Wildman–Crippen LogP) is 6.00. The Kier molecular flexibility index (Phi) is 13.9. The quantitative estimate of drug-likeness (QED) is 0.213. The summed E-state index contributed by atoms with van der Waals surface area (Å²) in [7, 11) is 0. The molecule has 1 aliphatic rings. The third-order valence-corrected chi connectivity index (χ3v) is 4.88. The lowest BCUT2D eigenvalue weighted by atomic mass is 10.1. The number of nitrogens with two attached hydrogens (primary N) is 1. The van der Waals surface area contributed by atoms with Crippen molar-refractivity contribution in [3.8, 4) is 0 Å². The highest BCUT2D eigenvalue weighted by Gasteiger charge is 2.11. The molecule has 0 radical (unpaired) electrons. The molecule has 24 heavy (non-hydrogen) atoms. The van der Waals surface area contributed by atoms with Gasteiger partial charge in [-0.1, -0.05) is 76.9 Å². The third-order valence-electron chi connectivity index (χ3n) is 4.88. The van der Waals surface area contributed by atoms with Crippen molar-refractivity contribution >= 4 is 5.84 Å².